The van der Waals surface area contributed by atoms with Crippen LogP contribution >= 0.6 is 0 Å². The Labute approximate surface area is 142 Å². The zero-order valence-corrected chi connectivity index (χ0v) is 14.1. The largest absolute Gasteiger partial charge is 0.377 e. The van der Waals surface area contributed by atoms with Gasteiger partial charge in [-0.3, -0.25) is 0 Å². The highest BCUT2D eigenvalue weighted by Crippen LogP contribution is 2.51. The second-order valence-electron chi connectivity index (χ2n) is 7.31. The van der Waals surface area contributed by atoms with Crippen LogP contribution in [0.3, 0.4) is 0 Å². The summed E-state index contributed by atoms with van der Waals surface area (Å²) in [6.45, 7) is 4.43. The van der Waals surface area contributed by atoms with E-state index in [9.17, 15) is 0 Å². The van der Waals surface area contributed by atoms with Crippen molar-refractivity contribution in [2.45, 2.75) is 32.2 Å². The van der Waals surface area contributed by atoms with Crippen molar-refractivity contribution < 1.29 is 0 Å². The van der Waals surface area contributed by atoms with Crippen LogP contribution in [-0.2, 0) is 0 Å². The fourth-order valence-corrected chi connectivity index (χ4v) is 4.73. The van der Waals surface area contributed by atoms with Crippen LogP contribution in [0.4, 0.5) is 5.69 Å². The number of aromatic amines is 1. The average molecular weight is 314 g/mol. The third kappa shape index (κ3) is 1.89. The smallest absolute Gasteiger partial charge is 0.0575 e. The van der Waals surface area contributed by atoms with Gasteiger partial charge in [-0.2, -0.15) is 0 Å². The van der Waals surface area contributed by atoms with Crippen molar-refractivity contribution in [3.63, 3.8) is 0 Å². The SMILES string of the molecule is Cc1cc(C)c2c(c1)C1C=CCC1C(c1c[nH]c3ccccc13)N2. The van der Waals surface area contributed by atoms with E-state index >= 15 is 0 Å². The van der Waals surface area contributed by atoms with Gasteiger partial charge in [0, 0.05) is 28.7 Å². The van der Waals surface area contributed by atoms with Crippen LogP contribution in [0, 0.1) is 19.8 Å². The molecule has 0 spiro atoms. The maximum Gasteiger partial charge on any atom is 0.0575 e. The number of nitrogens with one attached hydrogen (secondary N) is 2. The van der Waals surface area contributed by atoms with Gasteiger partial charge in [0.2, 0.25) is 0 Å². The molecule has 2 heterocycles. The van der Waals surface area contributed by atoms with E-state index in [2.05, 4.69) is 78.9 Å². The van der Waals surface area contributed by atoms with Crippen LogP contribution in [0.1, 0.15) is 40.6 Å². The minimum absolute atomic E-state index is 0.357. The van der Waals surface area contributed by atoms with Crippen molar-refractivity contribution in [2.75, 3.05) is 5.32 Å². The molecule has 0 bridgehead atoms. The highest BCUT2D eigenvalue weighted by Gasteiger charge is 2.39. The Bertz CT molecular complexity index is 963. The number of fused-ring (bicyclic) bond motifs is 4. The molecule has 0 fully saturated rings. The van der Waals surface area contributed by atoms with Crippen LogP contribution in [0.5, 0.6) is 0 Å². The van der Waals surface area contributed by atoms with E-state index in [1.165, 1.54) is 38.8 Å². The summed E-state index contributed by atoms with van der Waals surface area (Å²) in [6, 6.07) is 13.6. The van der Waals surface area contributed by atoms with Gasteiger partial charge >= 0.3 is 0 Å². The Morgan fingerprint density at radius 3 is 2.83 bits per heavy atom. The summed E-state index contributed by atoms with van der Waals surface area (Å²) in [5, 5.41) is 5.24. The molecule has 0 amide bonds. The van der Waals surface area contributed by atoms with Gasteiger partial charge in [0.05, 0.1) is 6.04 Å². The predicted molar refractivity (Wildman–Crippen MR) is 101 cm³/mol. The third-order valence-corrected chi connectivity index (χ3v) is 5.77. The molecule has 24 heavy (non-hydrogen) atoms. The summed E-state index contributed by atoms with van der Waals surface area (Å²) in [5.74, 6) is 1.12. The summed E-state index contributed by atoms with van der Waals surface area (Å²) in [6.07, 6.45) is 8.14. The van der Waals surface area contributed by atoms with Gasteiger partial charge in [-0.15, -0.1) is 0 Å². The summed E-state index contributed by atoms with van der Waals surface area (Å²) >= 11 is 0. The first-order valence-corrected chi connectivity index (χ1v) is 8.83. The molecular formula is C22H22N2. The highest BCUT2D eigenvalue weighted by atomic mass is 15.0. The van der Waals surface area contributed by atoms with E-state index in [-0.39, 0.29) is 0 Å². The summed E-state index contributed by atoms with van der Waals surface area (Å²) in [5.41, 5.74) is 8.15. The molecule has 1 aromatic heterocycles. The topological polar surface area (TPSA) is 27.8 Å². The van der Waals surface area contributed by atoms with Crippen molar-refractivity contribution in [1.29, 1.82) is 0 Å². The number of aromatic nitrogens is 1. The molecule has 2 nitrogen and oxygen atoms in total. The monoisotopic (exact) mass is 314 g/mol. The van der Waals surface area contributed by atoms with Crippen LogP contribution in [0.25, 0.3) is 10.9 Å². The number of allylic oxidation sites excluding steroid dienone is 2. The van der Waals surface area contributed by atoms with Gasteiger partial charge in [-0.25, -0.2) is 0 Å². The third-order valence-electron chi connectivity index (χ3n) is 5.77. The summed E-state index contributed by atoms with van der Waals surface area (Å²) in [7, 11) is 0. The lowest BCUT2D eigenvalue weighted by atomic mass is 9.76. The van der Waals surface area contributed by atoms with E-state index in [0.29, 0.717) is 17.9 Å². The molecule has 1 aliphatic carbocycles. The zero-order valence-electron chi connectivity index (χ0n) is 14.1. The fourth-order valence-electron chi connectivity index (χ4n) is 4.73. The second-order valence-corrected chi connectivity index (χ2v) is 7.31. The zero-order chi connectivity index (χ0) is 16.3. The van der Waals surface area contributed by atoms with Crippen LogP contribution in [0.2, 0.25) is 0 Å². The fraction of sp³-hybridized carbons (Fsp3) is 0.273. The number of benzene rings is 2. The van der Waals surface area contributed by atoms with Gasteiger partial charge in [0.1, 0.15) is 0 Å². The normalized spacial score (nSPS) is 24.7. The number of rotatable bonds is 1. The molecule has 2 heteroatoms. The Hall–Kier alpha value is -2.48. The molecule has 5 rings (SSSR count). The number of aryl methyl sites for hydroxylation is 2. The van der Waals surface area contributed by atoms with E-state index in [1.54, 1.807) is 0 Å². The number of anilines is 1. The standard InChI is InChI=1S/C22H22N2/c1-13-10-14(2)21-18(11-13)15-7-5-8-17(15)22(24-21)19-12-23-20-9-4-3-6-16(19)20/h3-7,9-12,15,17,22-24H,8H2,1-2H3. The van der Waals surface area contributed by atoms with Gasteiger partial charge < -0.3 is 10.3 Å². The molecule has 0 radical (unpaired) electrons. The molecule has 2 aromatic carbocycles. The van der Waals surface area contributed by atoms with E-state index in [4.69, 9.17) is 0 Å². The molecule has 2 aliphatic rings. The van der Waals surface area contributed by atoms with Crippen molar-refractivity contribution in [1.82, 2.24) is 4.98 Å². The molecule has 120 valence electrons. The quantitative estimate of drug-likeness (QED) is 0.561. The van der Waals surface area contributed by atoms with Crippen molar-refractivity contribution in [3.05, 3.63) is 77.0 Å². The maximum absolute atomic E-state index is 3.90. The van der Waals surface area contributed by atoms with Gasteiger partial charge in [-0.05, 0) is 48.9 Å². The number of hydrogen-bond acceptors (Lipinski definition) is 1. The summed E-state index contributed by atoms with van der Waals surface area (Å²) in [4.78, 5) is 3.45. The lowest BCUT2D eigenvalue weighted by Gasteiger charge is -2.38. The molecule has 2 N–H and O–H groups in total. The van der Waals surface area contributed by atoms with Crippen LogP contribution in [-0.4, -0.2) is 4.98 Å². The number of hydrogen-bond donors (Lipinski definition) is 2. The minimum Gasteiger partial charge on any atom is -0.377 e. The molecule has 0 saturated carbocycles. The lowest BCUT2D eigenvalue weighted by Crippen LogP contribution is -2.29. The second kappa shape index (κ2) is 5.01. The van der Waals surface area contributed by atoms with Crippen LogP contribution in [0.15, 0.2) is 54.7 Å². The Balaban J connectivity index is 1.68. The number of para-hydroxylation sites is 1. The predicted octanol–water partition coefficient (Wildman–Crippen LogP) is 5.61. The minimum atomic E-state index is 0.357. The van der Waals surface area contributed by atoms with Crippen molar-refractivity contribution in [3.8, 4) is 0 Å². The van der Waals surface area contributed by atoms with E-state index < -0.39 is 0 Å². The number of H-pyrrole nitrogens is 1. The molecule has 0 saturated heterocycles. The molecular weight excluding hydrogens is 292 g/mol. The first-order valence-electron chi connectivity index (χ1n) is 8.83. The lowest BCUT2D eigenvalue weighted by molar-refractivity contribution is 0.427. The van der Waals surface area contributed by atoms with Gasteiger partial charge in [0.25, 0.3) is 0 Å². The molecule has 3 aromatic rings. The first-order chi connectivity index (χ1) is 11.7. The van der Waals surface area contributed by atoms with E-state index in [0.717, 1.165) is 6.42 Å². The average Bonchev–Trinajstić information content (AvgIpc) is 3.21. The van der Waals surface area contributed by atoms with E-state index in [1.807, 2.05) is 0 Å². The molecule has 3 atom stereocenters. The Kier molecular flexibility index (Phi) is 2.90. The van der Waals surface area contributed by atoms with Crippen molar-refractivity contribution in [2.24, 2.45) is 5.92 Å². The highest BCUT2D eigenvalue weighted by molar-refractivity contribution is 5.84. The maximum atomic E-state index is 3.90. The summed E-state index contributed by atoms with van der Waals surface area (Å²) < 4.78 is 0. The van der Waals surface area contributed by atoms with Crippen molar-refractivity contribution >= 4 is 16.6 Å². The molecule has 1 aliphatic heterocycles. The Morgan fingerprint density at radius 1 is 1.04 bits per heavy atom. The van der Waals surface area contributed by atoms with Gasteiger partial charge in [-0.1, -0.05) is 48.0 Å². The van der Waals surface area contributed by atoms with Crippen LogP contribution < -0.4 is 5.32 Å². The van der Waals surface area contributed by atoms with Gasteiger partial charge in [0.15, 0.2) is 0 Å². The molecule has 3 unspecified atom stereocenters. The Morgan fingerprint density at radius 2 is 1.92 bits per heavy atom. The first kappa shape index (κ1) is 13.9.